The Kier molecular flexibility index (Phi) is 5.64. The van der Waals surface area contributed by atoms with Crippen LogP contribution in [0.15, 0.2) is 82.5 Å². The van der Waals surface area contributed by atoms with Crippen LogP contribution >= 0.6 is 0 Å². The van der Waals surface area contributed by atoms with Crippen molar-refractivity contribution < 1.29 is 12.8 Å². The van der Waals surface area contributed by atoms with E-state index in [1.54, 1.807) is 24.3 Å². The Morgan fingerprint density at radius 3 is 2.29 bits per heavy atom. The molecule has 0 radical (unpaired) electrons. The first-order chi connectivity index (χ1) is 16.7. The highest BCUT2D eigenvalue weighted by Gasteiger charge is 2.20. The van der Waals surface area contributed by atoms with E-state index in [1.807, 2.05) is 35.9 Å². The molecule has 0 bridgehead atoms. The van der Waals surface area contributed by atoms with Crippen molar-refractivity contribution in [1.29, 1.82) is 0 Å². The molecule has 35 heavy (non-hydrogen) atoms. The number of nitrogens with zero attached hydrogens (tertiary/aromatic N) is 3. The van der Waals surface area contributed by atoms with Gasteiger partial charge in [-0.3, -0.25) is 9.89 Å². The van der Waals surface area contributed by atoms with E-state index in [1.165, 1.54) is 28.9 Å². The summed E-state index contributed by atoms with van der Waals surface area (Å²) in [6.07, 6.45) is 2.09. The van der Waals surface area contributed by atoms with Crippen molar-refractivity contribution >= 4 is 20.9 Å². The van der Waals surface area contributed by atoms with Gasteiger partial charge in [-0.05, 0) is 60.4 Å². The average molecular weight is 491 g/mol. The number of rotatable bonds is 6. The number of aryl methyl sites for hydroxylation is 2. The highest BCUT2D eigenvalue weighted by atomic mass is 32.2. The molecule has 7 nitrogen and oxygen atoms in total. The molecular formula is C26H23FN4O3S. The predicted molar refractivity (Wildman–Crippen MR) is 133 cm³/mol. The van der Waals surface area contributed by atoms with Crippen LogP contribution in [0.1, 0.15) is 11.1 Å². The van der Waals surface area contributed by atoms with Crippen molar-refractivity contribution in [1.82, 2.24) is 19.3 Å². The molecule has 0 amide bonds. The van der Waals surface area contributed by atoms with Gasteiger partial charge in [-0.1, -0.05) is 36.4 Å². The Morgan fingerprint density at radius 1 is 0.943 bits per heavy atom. The van der Waals surface area contributed by atoms with Gasteiger partial charge in [0.2, 0.25) is 5.95 Å². The molecule has 5 aromatic rings. The number of hydrogen-bond acceptors (Lipinski definition) is 4. The molecule has 0 spiro atoms. The zero-order valence-corrected chi connectivity index (χ0v) is 20.0. The van der Waals surface area contributed by atoms with Crippen LogP contribution in [0.25, 0.3) is 28.2 Å². The zero-order chi connectivity index (χ0) is 24.7. The number of nitrogens with one attached hydrogen (secondary N) is 1. The topological polar surface area (TPSA) is 89.8 Å². The third-order valence-electron chi connectivity index (χ3n) is 6.10. The molecule has 0 atom stereocenters. The maximum absolute atomic E-state index is 13.6. The fourth-order valence-electron chi connectivity index (χ4n) is 4.21. The summed E-state index contributed by atoms with van der Waals surface area (Å²) in [5.74, 6) is 0.129. The Hall–Kier alpha value is -3.98. The van der Waals surface area contributed by atoms with Gasteiger partial charge in [0, 0.05) is 18.9 Å². The minimum Gasteiger partial charge on any atom is -0.311 e. The van der Waals surface area contributed by atoms with Crippen LogP contribution in [0.5, 0.6) is 0 Å². The standard InChI is InChI=1S/C26H23FN4O3S/c1-30-23-6-4-3-5-22(23)28-26(30)31-25(32)21(16-9-17-7-12-19(27)13-8-17)24(29-31)18-10-14-20(15-11-18)35(2,33)34/h3-8,10-15,29H,9,16H2,1-2H3. The second-order valence-electron chi connectivity index (χ2n) is 8.49. The van der Waals surface area contributed by atoms with E-state index in [0.29, 0.717) is 35.6 Å². The fourth-order valence-corrected chi connectivity index (χ4v) is 4.84. The van der Waals surface area contributed by atoms with Gasteiger partial charge in [-0.2, -0.15) is 4.68 Å². The van der Waals surface area contributed by atoms with Crippen molar-refractivity contribution in [3.05, 3.63) is 100 Å². The molecule has 2 aromatic heterocycles. The number of halogens is 1. The van der Waals surface area contributed by atoms with Crippen molar-refractivity contribution in [2.75, 3.05) is 6.26 Å². The van der Waals surface area contributed by atoms with E-state index in [9.17, 15) is 17.6 Å². The first-order valence-corrected chi connectivity index (χ1v) is 12.9. The average Bonchev–Trinajstić information content (AvgIpc) is 3.35. The van der Waals surface area contributed by atoms with Crippen LogP contribution in [0.4, 0.5) is 4.39 Å². The molecule has 0 fully saturated rings. The fraction of sp³-hybridized carbons (Fsp3) is 0.154. The number of imidazole rings is 1. The normalized spacial score (nSPS) is 11.9. The number of para-hydroxylation sites is 2. The summed E-state index contributed by atoms with van der Waals surface area (Å²) in [7, 11) is -1.51. The van der Waals surface area contributed by atoms with Gasteiger partial charge in [-0.15, -0.1) is 0 Å². The third-order valence-corrected chi connectivity index (χ3v) is 7.23. The zero-order valence-electron chi connectivity index (χ0n) is 19.2. The second kappa shape index (κ2) is 8.66. The summed E-state index contributed by atoms with van der Waals surface area (Å²) < 4.78 is 40.4. The van der Waals surface area contributed by atoms with Crippen LogP contribution in [0.3, 0.4) is 0 Å². The Labute approximate surface area is 201 Å². The van der Waals surface area contributed by atoms with Gasteiger partial charge in [0.1, 0.15) is 5.82 Å². The number of benzene rings is 3. The van der Waals surface area contributed by atoms with E-state index in [2.05, 4.69) is 10.1 Å². The Morgan fingerprint density at radius 2 is 1.63 bits per heavy atom. The summed E-state index contributed by atoms with van der Waals surface area (Å²) in [6, 6.07) is 20.2. The minimum atomic E-state index is -3.35. The van der Waals surface area contributed by atoms with Crippen LogP contribution in [0, 0.1) is 5.82 Å². The number of aromatic nitrogens is 4. The summed E-state index contributed by atoms with van der Waals surface area (Å²) in [6.45, 7) is 0. The van der Waals surface area contributed by atoms with Crippen molar-refractivity contribution in [3.63, 3.8) is 0 Å². The summed E-state index contributed by atoms with van der Waals surface area (Å²) in [5, 5.41) is 3.20. The summed E-state index contributed by atoms with van der Waals surface area (Å²) in [5.41, 5.74) is 4.11. The molecule has 0 aliphatic rings. The first kappa shape index (κ1) is 22.8. The highest BCUT2D eigenvalue weighted by Crippen LogP contribution is 2.25. The SMILES string of the molecule is Cn1c(-n2[nH]c(-c3ccc(S(C)(=O)=O)cc3)c(CCc3ccc(F)cc3)c2=O)nc2ccccc21. The Balaban J connectivity index is 1.63. The number of H-pyrrole nitrogens is 1. The maximum atomic E-state index is 13.6. The van der Waals surface area contributed by atoms with Crippen LogP contribution in [-0.4, -0.2) is 34.0 Å². The van der Waals surface area contributed by atoms with Gasteiger partial charge < -0.3 is 4.57 Å². The Bertz CT molecular complexity index is 1700. The second-order valence-corrected chi connectivity index (χ2v) is 10.5. The van der Waals surface area contributed by atoms with Gasteiger partial charge in [0.05, 0.1) is 21.6 Å². The molecule has 0 aliphatic heterocycles. The molecule has 2 heterocycles. The molecular weight excluding hydrogens is 467 g/mol. The predicted octanol–water partition coefficient (Wildman–Crippen LogP) is 4.05. The largest absolute Gasteiger partial charge is 0.311 e. The van der Waals surface area contributed by atoms with E-state index in [0.717, 1.165) is 22.9 Å². The lowest BCUT2D eigenvalue weighted by Crippen LogP contribution is -2.20. The molecule has 0 aliphatic carbocycles. The maximum Gasteiger partial charge on any atom is 0.277 e. The third kappa shape index (κ3) is 4.30. The van der Waals surface area contributed by atoms with E-state index in [-0.39, 0.29) is 16.3 Å². The first-order valence-electron chi connectivity index (χ1n) is 11.0. The van der Waals surface area contributed by atoms with E-state index in [4.69, 9.17) is 0 Å². The van der Waals surface area contributed by atoms with Crippen LogP contribution < -0.4 is 5.56 Å². The number of hydrogen-bond donors (Lipinski definition) is 1. The lowest BCUT2D eigenvalue weighted by molar-refractivity contribution is 0.602. The van der Waals surface area contributed by atoms with Gasteiger partial charge in [0.15, 0.2) is 9.84 Å². The molecule has 9 heteroatoms. The monoisotopic (exact) mass is 490 g/mol. The number of sulfone groups is 1. The summed E-state index contributed by atoms with van der Waals surface area (Å²) in [4.78, 5) is 18.5. The molecule has 178 valence electrons. The van der Waals surface area contributed by atoms with Crippen molar-refractivity contribution in [3.8, 4) is 17.2 Å². The quantitative estimate of drug-likeness (QED) is 0.389. The van der Waals surface area contributed by atoms with E-state index >= 15 is 0 Å². The molecule has 1 N–H and O–H groups in total. The lowest BCUT2D eigenvalue weighted by Gasteiger charge is -2.05. The number of fused-ring (bicyclic) bond motifs is 1. The molecule has 0 saturated heterocycles. The van der Waals surface area contributed by atoms with Crippen LogP contribution in [0.2, 0.25) is 0 Å². The number of aromatic amines is 1. The molecule has 5 rings (SSSR count). The minimum absolute atomic E-state index is 0.200. The van der Waals surface area contributed by atoms with Crippen LogP contribution in [-0.2, 0) is 29.7 Å². The van der Waals surface area contributed by atoms with Gasteiger partial charge in [-0.25, -0.2) is 17.8 Å². The van der Waals surface area contributed by atoms with Crippen molar-refractivity contribution in [2.45, 2.75) is 17.7 Å². The van der Waals surface area contributed by atoms with E-state index < -0.39 is 9.84 Å². The molecule has 0 saturated carbocycles. The smallest absolute Gasteiger partial charge is 0.277 e. The summed E-state index contributed by atoms with van der Waals surface area (Å²) >= 11 is 0. The molecule has 0 unspecified atom stereocenters. The van der Waals surface area contributed by atoms with Gasteiger partial charge in [0.25, 0.3) is 5.56 Å². The molecule has 3 aromatic carbocycles. The van der Waals surface area contributed by atoms with Gasteiger partial charge >= 0.3 is 0 Å². The van der Waals surface area contributed by atoms with Crippen molar-refractivity contribution in [2.24, 2.45) is 7.05 Å². The highest BCUT2D eigenvalue weighted by molar-refractivity contribution is 7.90. The lowest BCUT2D eigenvalue weighted by atomic mass is 10.0.